The van der Waals surface area contributed by atoms with Gasteiger partial charge in [0.2, 0.25) is 11.9 Å². The number of nitrogens with one attached hydrogen (secondary N) is 2. The Kier molecular flexibility index (Phi) is 7.65. The SMILES string of the molecule is COc1cc(F)cc([C@@H](CO)NC(=O)[C@@H](C)N2Cc3ccc(-c4nc(NC5CCO5)ncc4Cl)cc3C2=O)c1. The molecule has 39 heavy (non-hydrogen) atoms. The van der Waals surface area contributed by atoms with E-state index in [0.29, 0.717) is 40.0 Å². The van der Waals surface area contributed by atoms with E-state index in [4.69, 9.17) is 21.1 Å². The van der Waals surface area contributed by atoms with Gasteiger partial charge >= 0.3 is 0 Å². The number of rotatable bonds is 9. The summed E-state index contributed by atoms with van der Waals surface area (Å²) in [5.41, 5.74) is 2.63. The fourth-order valence-electron chi connectivity index (χ4n) is 4.49. The Balaban J connectivity index is 1.32. The zero-order valence-corrected chi connectivity index (χ0v) is 22.0. The van der Waals surface area contributed by atoms with E-state index in [1.165, 1.54) is 36.4 Å². The molecule has 3 N–H and O–H groups in total. The highest BCUT2D eigenvalue weighted by Crippen LogP contribution is 2.32. The fraction of sp³-hybridized carbons (Fsp3) is 0.333. The zero-order chi connectivity index (χ0) is 27.7. The van der Waals surface area contributed by atoms with Crippen molar-refractivity contribution in [2.45, 2.75) is 38.2 Å². The number of nitrogens with zero attached hydrogens (tertiary/aromatic N) is 3. The summed E-state index contributed by atoms with van der Waals surface area (Å²) in [4.78, 5) is 36.6. The lowest BCUT2D eigenvalue weighted by Gasteiger charge is -2.27. The van der Waals surface area contributed by atoms with Crippen LogP contribution < -0.4 is 15.4 Å². The molecule has 3 aromatic rings. The molecule has 0 bridgehead atoms. The van der Waals surface area contributed by atoms with Gasteiger partial charge in [-0.05, 0) is 36.2 Å². The number of ether oxygens (including phenoxy) is 2. The number of fused-ring (bicyclic) bond motifs is 1. The largest absolute Gasteiger partial charge is 0.497 e. The van der Waals surface area contributed by atoms with Crippen molar-refractivity contribution in [1.82, 2.24) is 20.2 Å². The van der Waals surface area contributed by atoms with Gasteiger partial charge in [-0.1, -0.05) is 23.7 Å². The predicted octanol–water partition coefficient (Wildman–Crippen LogP) is 3.30. The minimum atomic E-state index is -0.885. The van der Waals surface area contributed by atoms with E-state index in [1.807, 2.05) is 12.1 Å². The van der Waals surface area contributed by atoms with Crippen LogP contribution in [-0.4, -0.2) is 64.4 Å². The standard InChI is InChI=1S/C27H27ClFN5O5/c1-14(25(36)31-22(13-35)17-7-18(29)10-19(8-17)38-2)34-12-16-4-3-15(9-20(16)26(34)37)24-21(28)11-30-27(33-24)32-23-5-6-39-23/h3-4,7-11,14,22-23,35H,5-6,12-13H2,1-2H3,(H,31,36)(H,30,32,33)/t14-,22-,23?/m1/s1. The first-order valence-electron chi connectivity index (χ1n) is 12.4. The Morgan fingerprint density at radius 2 is 2.13 bits per heavy atom. The van der Waals surface area contributed by atoms with Crippen LogP contribution in [0.2, 0.25) is 5.02 Å². The van der Waals surface area contributed by atoms with Crippen molar-refractivity contribution in [3.8, 4) is 17.0 Å². The normalized spacial score (nSPS) is 17.7. The fourth-order valence-corrected chi connectivity index (χ4v) is 4.69. The molecule has 0 aliphatic carbocycles. The average molecular weight is 556 g/mol. The molecule has 1 unspecified atom stereocenters. The average Bonchev–Trinajstić information content (AvgIpc) is 3.24. The number of methoxy groups -OCH3 is 1. The number of carbonyl (C=O) groups is 2. The van der Waals surface area contributed by atoms with Gasteiger partial charge in [-0.2, -0.15) is 0 Å². The van der Waals surface area contributed by atoms with Gasteiger partial charge in [-0.15, -0.1) is 0 Å². The van der Waals surface area contributed by atoms with E-state index in [9.17, 15) is 19.1 Å². The van der Waals surface area contributed by atoms with Crippen molar-refractivity contribution in [1.29, 1.82) is 0 Å². The van der Waals surface area contributed by atoms with Gasteiger partial charge in [0.05, 0.1) is 43.3 Å². The van der Waals surface area contributed by atoms with Gasteiger partial charge in [-0.3, -0.25) is 9.59 Å². The van der Waals surface area contributed by atoms with E-state index < -0.39 is 30.4 Å². The van der Waals surface area contributed by atoms with Gasteiger partial charge in [0.25, 0.3) is 5.91 Å². The second-order valence-corrected chi connectivity index (χ2v) is 9.74. The molecule has 1 fully saturated rings. The van der Waals surface area contributed by atoms with Crippen LogP contribution in [0.3, 0.4) is 0 Å². The molecule has 12 heteroatoms. The first kappa shape index (κ1) is 26.8. The number of hydrogen-bond donors (Lipinski definition) is 3. The molecular weight excluding hydrogens is 529 g/mol. The minimum Gasteiger partial charge on any atom is -0.497 e. The Morgan fingerprint density at radius 3 is 2.82 bits per heavy atom. The molecule has 10 nitrogen and oxygen atoms in total. The summed E-state index contributed by atoms with van der Waals surface area (Å²) in [6.07, 6.45) is 2.20. The number of aliphatic hydroxyl groups is 1. The maximum atomic E-state index is 14.0. The number of halogens is 2. The second kappa shape index (κ2) is 11.1. The van der Waals surface area contributed by atoms with Gasteiger partial charge in [0, 0.05) is 30.2 Å². The van der Waals surface area contributed by atoms with Crippen LogP contribution in [0.1, 0.15) is 40.9 Å². The molecule has 1 saturated heterocycles. The van der Waals surface area contributed by atoms with E-state index in [0.717, 1.165) is 12.0 Å². The topological polar surface area (TPSA) is 126 Å². The molecule has 3 atom stereocenters. The Bertz CT molecular complexity index is 1420. The third-order valence-electron chi connectivity index (χ3n) is 6.83. The molecule has 3 heterocycles. The van der Waals surface area contributed by atoms with Crippen molar-refractivity contribution < 1.29 is 28.6 Å². The van der Waals surface area contributed by atoms with Crippen LogP contribution >= 0.6 is 11.6 Å². The maximum Gasteiger partial charge on any atom is 0.255 e. The molecular formula is C27H27ClFN5O5. The summed E-state index contributed by atoms with van der Waals surface area (Å²) in [5.74, 6) is -0.753. The highest BCUT2D eigenvalue weighted by molar-refractivity contribution is 6.33. The summed E-state index contributed by atoms with van der Waals surface area (Å²) < 4.78 is 24.4. The number of aromatic nitrogens is 2. The lowest BCUT2D eigenvalue weighted by Crippen LogP contribution is -2.46. The van der Waals surface area contributed by atoms with Crippen LogP contribution in [-0.2, 0) is 16.1 Å². The van der Waals surface area contributed by atoms with Crippen LogP contribution in [0.5, 0.6) is 5.75 Å². The van der Waals surface area contributed by atoms with Crippen LogP contribution in [0.4, 0.5) is 10.3 Å². The lowest BCUT2D eigenvalue weighted by molar-refractivity contribution is -0.126. The van der Waals surface area contributed by atoms with Crippen LogP contribution in [0.25, 0.3) is 11.3 Å². The molecule has 1 aromatic heterocycles. The summed E-state index contributed by atoms with van der Waals surface area (Å²) >= 11 is 6.38. The Labute approximate surface area is 229 Å². The third-order valence-corrected chi connectivity index (χ3v) is 7.10. The molecule has 2 aliphatic rings. The van der Waals surface area contributed by atoms with Crippen molar-refractivity contribution in [3.63, 3.8) is 0 Å². The van der Waals surface area contributed by atoms with Crippen LogP contribution in [0, 0.1) is 5.82 Å². The van der Waals surface area contributed by atoms with Gasteiger partial charge in [-0.25, -0.2) is 14.4 Å². The molecule has 5 rings (SSSR count). The Morgan fingerprint density at radius 1 is 1.33 bits per heavy atom. The lowest BCUT2D eigenvalue weighted by atomic mass is 10.0. The predicted molar refractivity (Wildman–Crippen MR) is 141 cm³/mol. The maximum absolute atomic E-state index is 14.0. The Hall–Kier alpha value is -3.80. The number of aliphatic hydroxyl groups excluding tert-OH is 1. The number of benzene rings is 2. The summed E-state index contributed by atoms with van der Waals surface area (Å²) in [6.45, 7) is 2.04. The number of carbonyl (C=O) groups excluding carboxylic acids is 2. The van der Waals surface area contributed by atoms with E-state index >= 15 is 0 Å². The van der Waals surface area contributed by atoms with E-state index in [2.05, 4.69) is 20.6 Å². The molecule has 2 aromatic carbocycles. The van der Waals surface area contributed by atoms with Gasteiger partial charge in [0.15, 0.2) is 0 Å². The minimum absolute atomic E-state index is 0.143. The highest BCUT2D eigenvalue weighted by atomic mass is 35.5. The van der Waals surface area contributed by atoms with Crippen LogP contribution in [0.15, 0.2) is 42.6 Å². The van der Waals surface area contributed by atoms with Crippen molar-refractivity contribution >= 4 is 29.4 Å². The molecule has 0 spiro atoms. The molecule has 204 valence electrons. The van der Waals surface area contributed by atoms with Crippen molar-refractivity contribution in [2.24, 2.45) is 0 Å². The molecule has 2 aliphatic heterocycles. The van der Waals surface area contributed by atoms with E-state index in [1.54, 1.807) is 13.0 Å². The molecule has 0 saturated carbocycles. The van der Waals surface area contributed by atoms with Crippen molar-refractivity contribution in [2.75, 3.05) is 25.6 Å². The summed E-state index contributed by atoms with van der Waals surface area (Å²) in [6, 6.07) is 7.53. The summed E-state index contributed by atoms with van der Waals surface area (Å²) in [7, 11) is 1.40. The zero-order valence-electron chi connectivity index (χ0n) is 21.3. The van der Waals surface area contributed by atoms with Crippen molar-refractivity contribution in [3.05, 3.63) is 70.1 Å². The monoisotopic (exact) mass is 555 g/mol. The van der Waals surface area contributed by atoms with E-state index in [-0.39, 0.29) is 24.4 Å². The first-order chi connectivity index (χ1) is 18.8. The quantitative estimate of drug-likeness (QED) is 0.367. The smallest absolute Gasteiger partial charge is 0.255 e. The number of anilines is 1. The highest BCUT2D eigenvalue weighted by Gasteiger charge is 2.35. The molecule has 0 radical (unpaired) electrons. The molecule has 2 amide bonds. The second-order valence-electron chi connectivity index (χ2n) is 9.33. The third kappa shape index (κ3) is 5.51. The first-order valence-corrected chi connectivity index (χ1v) is 12.8. The summed E-state index contributed by atoms with van der Waals surface area (Å²) in [5, 5.41) is 16.0. The number of hydrogen-bond acceptors (Lipinski definition) is 8. The van der Waals surface area contributed by atoms with Gasteiger partial charge in [0.1, 0.15) is 23.8 Å². The number of amides is 2. The van der Waals surface area contributed by atoms with Gasteiger partial charge < -0.3 is 30.1 Å².